The fraction of sp³-hybridized carbons (Fsp3) is 0. The number of nitrogens with zero attached hydrogens (tertiary/aromatic N) is 1. The molecule has 0 unspecified atom stereocenters. The van der Waals surface area contributed by atoms with Crippen molar-refractivity contribution in [1.82, 2.24) is 9.78 Å². The normalized spacial score (nSPS) is 10.4. The summed E-state index contributed by atoms with van der Waals surface area (Å²) in [6.07, 6.45) is 0. The van der Waals surface area contributed by atoms with Crippen molar-refractivity contribution in [3.63, 3.8) is 0 Å². The van der Waals surface area contributed by atoms with Gasteiger partial charge in [-0.3, -0.25) is 20.6 Å². The van der Waals surface area contributed by atoms with Crippen molar-refractivity contribution in [2.45, 2.75) is 0 Å². The first kappa shape index (κ1) is 12.3. The number of rotatable bonds is 3. The van der Waals surface area contributed by atoms with E-state index in [1.165, 1.54) is 4.68 Å². The van der Waals surface area contributed by atoms with E-state index in [4.69, 9.17) is 5.21 Å². The highest BCUT2D eigenvalue weighted by molar-refractivity contribution is 5.58. The molecular formula is C15H13N3O2. The van der Waals surface area contributed by atoms with E-state index in [0.717, 1.165) is 11.3 Å². The number of aromatic nitrogens is 2. The molecule has 3 aromatic rings. The molecule has 1 heterocycles. The molecular weight excluding hydrogens is 254 g/mol. The van der Waals surface area contributed by atoms with E-state index in [0.29, 0.717) is 11.4 Å². The van der Waals surface area contributed by atoms with Gasteiger partial charge in [0, 0.05) is 6.07 Å². The summed E-state index contributed by atoms with van der Waals surface area (Å²) in [6, 6.07) is 18.1. The van der Waals surface area contributed by atoms with Crippen LogP contribution in [0.5, 0.6) is 0 Å². The number of anilines is 1. The van der Waals surface area contributed by atoms with Crippen LogP contribution in [0.4, 0.5) is 5.69 Å². The predicted molar refractivity (Wildman–Crippen MR) is 77.2 cm³/mol. The second-order valence-electron chi connectivity index (χ2n) is 4.37. The molecule has 0 fully saturated rings. The highest BCUT2D eigenvalue weighted by Gasteiger charge is 2.06. The van der Waals surface area contributed by atoms with Crippen LogP contribution in [-0.4, -0.2) is 15.0 Å². The Hall–Kier alpha value is -2.79. The molecule has 0 radical (unpaired) electrons. The SMILES string of the molecule is O=c1cc(-c2ccccc2)[nH]n1-c1ccc(NO)cc1. The maximum absolute atomic E-state index is 12.0. The Bertz CT molecular complexity index is 758. The van der Waals surface area contributed by atoms with Gasteiger partial charge in [0.05, 0.1) is 17.1 Å². The van der Waals surface area contributed by atoms with E-state index < -0.39 is 0 Å². The number of nitrogens with one attached hydrogen (secondary N) is 2. The third-order valence-electron chi connectivity index (χ3n) is 3.06. The van der Waals surface area contributed by atoms with Crippen molar-refractivity contribution in [3.8, 4) is 16.9 Å². The Morgan fingerprint density at radius 2 is 1.70 bits per heavy atom. The lowest BCUT2D eigenvalue weighted by molar-refractivity contribution is 0.389. The van der Waals surface area contributed by atoms with Crippen LogP contribution in [0.15, 0.2) is 65.5 Å². The number of benzene rings is 2. The second kappa shape index (κ2) is 5.07. The van der Waals surface area contributed by atoms with Crippen molar-refractivity contribution < 1.29 is 5.21 Å². The number of hydrogen-bond donors (Lipinski definition) is 3. The van der Waals surface area contributed by atoms with Crippen molar-refractivity contribution in [2.75, 3.05) is 5.48 Å². The molecule has 2 aromatic carbocycles. The average Bonchev–Trinajstić information content (AvgIpc) is 2.90. The molecule has 100 valence electrons. The molecule has 1 aromatic heterocycles. The van der Waals surface area contributed by atoms with Crippen LogP contribution in [0.2, 0.25) is 0 Å². The van der Waals surface area contributed by atoms with Gasteiger partial charge in [-0.1, -0.05) is 30.3 Å². The molecule has 0 aliphatic carbocycles. The number of hydrogen-bond acceptors (Lipinski definition) is 3. The summed E-state index contributed by atoms with van der Waals surface area (Å²) in [5.74, 6) is 0. The van der Waals surface area contributed by atoms with Gasteiger partial charge in [-0.25, -0.2) is 4.68 Å². The van der Waals surface area contributed by atoms with Gasteiger partial charge in [-0.2, -0.15) is 0 Å². The first-order valence-electron chi connectivity index (χ1n) is 6.16. The molecule has 3 N–H and O–H groups in total. The number of aromatic amines is 1. The monoisotopic (exact) mass is 267 g/mol. The van der Waals surface area contributed by atoms with Crippen molar-refractivity contribution >= 4 is 5.69 Å². The Morgan fingerprint density at radius 3 is 2.35 bits per heavy atom. The van der Waals surface area contributed by atoms with Crippen LogP contribution in [0.3, 0.4) is 0 Å². The molecule has 3 rings (SSSR count). The van der Waals surface area contributed by atoms with Gasteiger partial charge in [0.2, 0.25) is 0 Å². The minimum absolute atomic E-state index is 0.131. The summed E-state index contributed by atoms with van der Waals surface area (Å²) < 4.78 is 1.46. The molecule has 20 heavy (non-hydrogen) atoms. The summed E-state index contributed by atoms with van der Waals surface area (Å²) in [6.45, 7) is 0. The van der Waals surface area contributed by atoms with Gasteiger partial charge >= 0.3 is 0 Å². The highest BCUT2D eigenvalue weighted by Crippen LogP contribution is 2.16. The van der Waals surface area contributed by atoms with E-state index in [1.807, 2.05) is 30.3 Å². The van der Waals surface area contributed by atoms with Crippen LogP contribution in [0.25, 0.3) is 16.9 Å². The van der Waals surface area contributed by atoms with E-state index in [9.17, 15) is 4.79 Å². The van der Waals surface area contributed by atoms with E-state index in [1.54, 1.807) is 30.3 Å². The third kappa shape index (κ3) is 2.22. The Balaban J connectivity index is 2.02. The minimum Gasteiger partial charge on any atom is -0.291 e. The average molecular weight is 267 g/mol. The third-order valence-corrected chi connectivity index (χ3v) is 3.06. The van der Waals surface area contributed by atoms with Crippen LogP contribution in [0.1, 0.15) is 0 Å². The molecule has 5 nitrogen and oxygen atoms in total. The first-order chi connectivity index (χ1) is 9.78. The summed E-state index contributed by atoms with van der Waals surface area (Å²) in [4.78, 5) is 12.0. The lowest BCUT2D eigenvalue weighted by Gasteiger charge is -2.04. The van der Waals surface area contributed by atoms with Gasteiger partial charge in [0.1, 0.15) is 0 Å². The van der Waals surface area contributed by atoms with E-state index in [2.05, 4.69) is 10.6 Å². The standard InChI is InChI=1S/C15H13N3O2/c19-15-10-14(11-4-2-1-3-5-11)16-18(15)13-8-6-12(17-20)7-9-13/h1-10,16-17,20H. The van der Waals surface area contributed by atoms with Gasteiger partial charge in [0.25, 0.3) is 5.56 Å². The molecule has 0 saturated heterocycles. The minimum atomic E-state index is -0.131. The molecule has 0 aliphatic rings. The summed E-state index contributed by atoms with van der Waals surface area (Å²) in [5.41, 5.74) is 4.91. The molecule has 0 aliphatic heterocycles. The molecule has 0 atom stereocenters. The van der Waals surface area contributed by atoms with Crippen molar-refractivity contribution in [2.24, 2.45) is 0 Å². The zero-order valence-electron chi connectivity index (χ0n) is 10.6. The van der Waals surface area contributed by atoms with Crippen LogP contribution >= 0.6 is 0 Å². The van der Waals surface area contributed by atoms with Crippen molar-refractivity contribution in [3.05, 3.63) is 71.0 Å². The topological polar surface area (TPSA) is 70.0 Å². The second-order valence-corrected chi connectivity index (χ2v) is 4.37. The number of H-pyrrole nitrogens is 1. The Labute approximate surface area is 115 Å². The van der Waals surface area contributed by atoms with Gasteiger partial charge in [0.15, 0.2) is 0 Å². The zero-order valence-corrected chi connectivity index (χ0v) is 10.6. The Morgan fingerprint density at radius 1 is 1.00 bits per heavy atom. The summed E-state index contributed by atoms with van der Waals surface area (Å²) in [7, 11) is 0. The predicted octanol–water partition coefficient (Wildman–Crippen LogP) is 2.63. The van der Waals surface area contributed by atoms with E-state index >= 15 is 0 Å². The zero-order chi connectivity index (χ0) is 13.9. The summed E-state index contributed by atoms with van der Waals surface area (Å²) >= 11 is 0. The smallest absolute Gasteiger partial charge is 0.271 e. The lowest BCUT2D eigenvalue weighted by atomic mass is 10.2. The maximum atomic E-state index is 12.0. The van der Waals surface area contributed by atoms with Crippen molar-refractivity contribution in [1.29, 1.82) is 0 Å². The summed E-state index contributed by atoms with van der Waals surface area (Å²) in [5, 5.41) is 11.9. The first-order valence-corrected chi connectivity index (χ1v) is 6.16. The van der Waals surface area contributed by atoms with Gasteiger partial charge in [-0.15, -0.1) is 0 Å². The molecule has 5 heteroatoms. The van der Waals surface area contributed by atoms with Gasteiger partial charge in [-0.05, 0) is 29.8 Å². The lowest BCUT2D eigenvalue weighted by Crippen LogP contribution is -2.13. The van der Waals surface area contributed by atoms with E-state index in [-0.39, 0.29) is 5.56 Å². The molecule has 0 bridgehead atoms. The Kier molecular flexibility index (Phi) is 3.10. The molecule has 0 saturated carbocycles. The quantitative estimate of drug-likeness (QED) is 0.639. The fourth-order valence-electron chi connectivity index (χ4n) is 2.04. The molecule has 0 amide bonds. The largest absolute Gasteiger partial charge is 0.291 e. The fourth-order valence-corrected chi connectivity index (χ4v) is 2.04. The van der Waals surface area contributed by atoms with Crippen LogP contribution in [-0.2, 0) is 0 Å². The maximum Gasteiger partial charge on any atom is 0.271 e. The molecule has 0 spiro atoms. The van der Waals surface area contributed by atoms with Crippen LogP contribution < -0.4 is 11.0 Å². The van der Waals surface area contributed by atoms with Crippen LogP contribution in [0, 0.1) is 0 Å². The highest BCUT2D eigenvalue weighted by atomic mass is 16.5. The van der Waals surface area contributed by atoms with Gasteiger partial charge < -0.3 is 0 Å².